The van der Waals surface area contributed by atoms with E-state index in [-0.39, 0.29) is 10.8 Å². The zero-order valence-corrected chi connectivity index (χ0v) is 15.5. The zero-order chi connectivity index (χ0) is 18.7. The number of rotatable bonds is 3. The lowest BCUT2D eigenvalue weighted by Crippen LogP contribution is -2.28. The highest BCUT2D eigenvalue weighted by Crippen LogP contribution is 2.36. The first kappa shape index (κ1) is 17.9. The van der Waals surface area contributed by atoms with Crippen LogP contribution in [0.2, 0.25) is 0 Å². The highest BCUT2D eigenvalue weighted by Gasteiger charge is 2.35. The molecule has 3 rings (SSSR count). The van der Waals surface area contributed by atoms with E-state index in [1.54, 1.807) is 0 Å². The van der Waals surface area contributed by atoms with Gasteiger partial charge in [0.1, 0.15) is 0 Å². The Kier molecular flexibility index (Phi) is 5.23. The number of carbonyl (C=O) groups is 2. The Labute approximate surface area is 156 Å². The maximum atomic E-state index is 12.8. The molecule has 0 bridgehead atoms. The topological polar surface area (TPSA) is 59.0 Å². The van der Waals surface area contributed by atoms with Gasteiger partial charge in [0.25, 0.3) is 5.91 Å². The number of amidine groups is 1. The molecule has 0 aromatic heterocycles. The molecule has 0 spiro atoms. The molecular weight excluding hydrogens is 348 g/mol. The molecule has 0 aliphatic carbocycles. The van der Waals surface area contributed by atoms with Gasteiger partial charge in [0.15, 0.2) is 5.17 Å². The van der Waals surface area contributed by atoms with E-state index in [2.05, 4.69) is 9.73 Å². The quantitative estimate of drug-likeness (QED) is 0.605. The average molecular weight is 366 g/mol. The van der Waals surface area contributed by atoms with Gasteiger partial charge in [0, 0.05) is 6.08 Å². The van der Waals surface area contributed by atoms with Gasteiger partial charge in [-0.3, -0.25) is 9.69 Å². The molecule has 1 heterocycles. The van der Waals surface area contributed by atoms with E-state index in [1.165, 1.54) is 18.1 Å². The number of hydrogen-bond donors (Lipinski definition) is 0. The zero-order valence-electron chi connectivity index (χ0n) is 14.7. The third kappa shape index (κ3) is 3.86. The van der Waals surface area contributed by atoms with Crippen LogP contribution in [0, 0.1) is 13.8 Å². The van der Waals surface area contributed by atoms with E-state index >= 15 is 0 Å². The van der Waals surface area contributed by atoms with Gasteiger partial charge in [-0.25, -0.2) is 9.79 Å². The number of carbonyl (C=O) groups excluding carboxylic acids is 2. The fraction of sp³-hybridized carbons (Fsp3) is 0.150. The van der Waals surface area contributed by atoms with Gasteiger partial charge in [-0.2, -0.15) is 0 Å². The van der Waals surface area contributed by atoms with Gasteiger partial charge in [-0.1, -0.05) is 35.4 Å². The number of anilines is 1. The highest BCUT2D eigenvalue weighted by molar-refractivity contribution is 8.19. The van der Waals surface area contributed by atoms with Crippen LogP contribution in [-0.4, -0.2) is 24.2 Å². The minimum Gasteiger partial charge on any atom is -0.466 e. The van der Waals surface area contributed by atoms with Crippen LogP contribution in [0.25, 0.3) is 0 Å². The number of benzene rings is 2. The van der Waals surface area contributed by atoms with Crippen molar-refractivity contribution in [3.8, 4) is 0 Å². The third-order valence-corrected chi connectivity index (χ3v) is 4.78. The van der Waals surface area contributed by atoms with Crippen molar-refractivity contribution in [3.05, 3.63) is 70.6 Å². The lowest BCUT2D eigenvalue weighted by atomic mass is 10.2. The second-order valence-electron chi connectivity index (χ2n) is 5.84. The van der Waals surface area contributed by atoms with Crippen LogP contribution in [0.15, 0.2) is 64.5 Å². The molecule has 0 radical (unpaired) electrons. The smallest absolute Gasteiger partial charge is 0.331 e. The van der Waals surface area contributed by atoms with Crippen molar-refractivity contribution in [2.45, 2.75) is 13.8 Å². The van der Waals surface area contributed by atoms with Crippen LogP contribution in [-0.2, 0) is 14.3 Å². The lowest BCUT2D eigenvalue weighted by molar-refractivity contribution is -0.135. The van der Waals surface area contributed by atoms with Crippen LogP contribution in [0.4, 0.5) is 11.4 Å². The molecule has 1 saturated heterocycles. The Hall–Kier alpha value is -2.86. The first-order valence-corrected chi connectivity index (χ1v) is 8.83. The first-order valence-electron chi connectivity index (χ1n) is 8.02. The fourth-order valence-electron chi connectivity index (χ4n) is 2.37. The number of hydrogen-bond acceptors (Lipinski definition) is 5. The van der Waals surface area contributed by atoms with E-state index in [1.807, 2.05) is 62.4 Å². The van der Waals surface area contributed by atoms with Crippen LogP contribution >= 0.6 is 11.8 Å². The summed E-state index contributed by atoms with van der Waals surface area (Å²) in [7, 11) is 1.28. The molecule has 1 fully saturated rings. The van der Waals surface area contributed by atoms with Crippen LogP contribution in [0.3, 0.4) is 0 Å². The van der Waals surface area contributed by atoms with Crippen molar-refractivity contribution in [3.63, 3.8) is 0 Å². The summed E-state index contributed by atoms with van der Waals surface area (Å²) in [6.45, 7) is 3.98. The van der Waals surface area contributed by atoms with E-state index < -0.39 is 5.97 Å². The number of amides is 1. The number of aryl methyl sites for hydroxylation is 2. The van der Waals surface area contributed by atoms with Gasteiger partial charge < -0.3 is 4.74 Å². The van der Waals surface area contributed by atoms with Gasteiger partial charge >= 0.3 is 5.97 Å². The van der Waals surface area contributed by atoms with E-state index in [0.717, 1.165) is 28.6 Å². The van der Waals surface area contributed by atoms with E-state index in [9.17, 15) is 9.59 Å². The van der Waals surface area contributed by atoms with Crippen LogP contribution in [0.5, 0.6) is 0 Å². The minimum atomic E-state index is -0.568. The summed E-state index contributed by atoms with van der Waals surface area (Å²) in [6.07, 6.45) is 1.20. The fourth-order valence-corrected chi connectivity index (χ4v) is 3.33. The molecule has 2 aromatic carbocycles. The first-order chi connectivity index (χ1) is 12.5. The average Bonchev–Trinajstić information content (AvgIpc) is 2.93. The molecule has 1 amide bonds. The van der Waals surface area contributed by atoms with Gasteiger partial charge in [0.05, 0.1) is 23.4 Å². The summed E-state index contributed by atoms with van der Waals surface area (Å²) >= 11 is 1.16. The number of aliphatic imine (C=N–C) groups is 1. The second-order valence-corrected chi connectivity index (χ2v) is 6.85. The molecule has 6 heteroatoms. The molecule has 0 saturated carbocycles. The Balaban J connectivity index is 2.04. The van der Waals surface area contributed by atoms with Crippen LogP contribution in [0.1, 0.15) is 11.1 Å². The van der Waals surface area contributed by atoms with E-state index in [0.29, 0.717) is 10.9 Å². The molecule has 0 unspecified atom stereocenters. The number of methoxy groups -OCH3 is 1. The standard InChI is InChI=1S/C20H18N2O3S/c1-13-4-8-15(9-5-13)21-20-22(16-10-6-14(2)7-11-16)19(24)17(26-20)12-18(23)25-3/h4-12H,1-3H3/b17-12-,21-20?. The molecule has 5 nitrogen and oxygen atoms in total. The predicted molar refractivity (Wildman–Crippen MR) is 105 cm³/mol. The molecule has 0 atom stereocenters. The molecule has 0 N–H and O–H groups in total. The van der Waals surface area contributed by atoms with Gasteiger partial charge in [0.2, 0.25) is 0 Å². The highest BCUT2D eigenvalue weighted by atomic mass is 32.2. The van der Waals surface area contributed by atoms with Crippen molar-refractivity contribution in [1.29, 1.82) is 0 Å². The van der Waals surface area contributed by atoms with Gasteiger partial charge in [-0.05, 0) is 49.9 Å². The number of thioether (sulfide) groups is 1. The Morgan fingerprint density at radius 3 is 2.19 bits per heavy atom. The number of esters is 1. The monoisotopic (exact) mass is 366 g/mol. The molecule has 26 heavy (non-hydrogen) atoms. The molecule has 1 aliphatic heterocycles. The molecular formula is C20H18N2O3S. The molecule has 132 valence electrons. The summed E-state index contributed by atoms with van der Waals surface area (Å²) in [5.41, 5.74) is 3.66. The van der Waals surface area contributed by atoms with Crippen molar-refractivity contribution >= 4 is 40.2 Å². The van der Waals surface area contributed by atoms with Crippen molar-refractivity contribution in [1.82, 2.24) is 0 Å². The largest absolute Gasteiger partial charge is 0.466 e. The maximum absolute atomic E-state index is 12.8. The summed E-state index contributed by atoms with van der Waals surface area (Å²) in [4.78, 5) is 30.8. The van der Waals surface area contributed by atoms with Gasteiger partial charge in [-0.15, -0.1) is 0 Å². The van der Waals surface area contributed by atoms with Crippen LogP contribution < -0.4 is 4.90 Å². The molecule has 2 aromatic rings. The Morgan fingerprint density at radius 2 is 1.62 bits per heavy atom. The summed E-state index contributed by atoms with van der Waals surface area (Å²) in [5.74, 6) is -0.864. The minimum absolute atomic E-state index is 0.281. The number of ether oxygens (including phenoxy) is 1. The second kappa shape index (κ2) is 7.58. The van der Waals surface area contributed by atoms with E-state index in [4.69, 9.17) is 0 Å². The Morgan fingerprint density at radius 1 is 1.04 bits per heavy atom. The summed E-state index contributed by atoms with van der Waals surface area (Å²) in [6, 6.07) is 15.3. The SMILES string of the molecule is COC(=O)/C=C1\SC(=Nc2ccc(C)cc2)N(c2ccc(C)cc2)C1=O. The normalized spacial score (nSPS) is 17.2. The summed E-state index contributed by atoms with van der Waals surface area (Å²) < 4.78 is 4.64. The molecule has 1 aliphatic rings. The third-order valence-electron chi connectivity index (χ3n) is 3.81. The predicted octanol–water partition coefficient (Wildman–Crippen LogP) is 4.13. The van der Waals surface area contributed by atoms with Crippen molar-refractivity contribution in [2.24, 2.45) is 4.99 Å². The van der Waals surface area contributed by atoms with Crippen molar-refractivity contribution < 1.29 is 14.3 Å². The maximum Gasteiger partial charge on any atom is 0.331 e. The Bertz CT molecular complexity index is 900. The summed E-state index contributed by atoms with van der Waals surface area (Å²) in [5, 5.41) is 0.498. The van der Waals surface area contributed by atoms with Crippen molar-refractivity contribution in [2.75, 3.05) is 12.0 Å². The number of nitrogens with zero attached hydrogens (tertiary/aromatic N) is 2. The lowest BCUT2D eigenvalue weighted by Gasteiger charge is -2.16.